The Hall–Kier alpha value is -1.33. The zero-order chi connectivity index (χ0) is 12.0. The minimum Gasteiger partial charge on any atom is -0.468 e. The van der Waals surface area contributed by atoms with E-state index in [0.717, 1.165) is 4.88 Å². The standard InChI is InChI=1S/C10H10ClNO3S/c1-15-10(14)6-12-9(13)5-3-7-2-4-8(11)16-7/h2-5H,6H2,1H3,(H,12,13)/b5-3+. The molecule has 16 heavy (non-hydrogen) atoms. The maximum absolute atomic E-state index is 11.2. The summed E-state index contributed by atoms with van der Waals surface area (Å²) in [5.74, 6) is -0.837. The Morgan fingerprint density at radius 3 is 2.88 bits per heavy atom. The van der Waals surface area contributed by atoms with Crippen LogP contribution < -0.4 is 5.32 Å². The molecule has 6 heteroatoms. The highest BCUT2D eigenvalue weighted by Crippen LogP contribution is 2.22. The summed E-state index contributed by atoms with van der Waals surface area (Å²) in [4.78, 5) is 22.8. The number of esters is 1. The Balaban J connectivity index is 2.39. The highest BCUT2D eigenvalue weighted by molar-refractivity contribution is 7.17. The number of nitrogens with one attached hydrogen (secondary N) is 1. The fourth-order valence-corrected chi connectivity index (χ4v) is 1.83. The molecule has 0 aliphatic carbocycles. The average molecular weight is 260 g/mol. The molecule has 1 N–H and O–H groups in total. The Morgan fingerprint density at radius 2 is 2.31 bits per heavy atom. The van der Waals surface area contributed by atoms with Crippen LogP contribution in [0.1, 0.15) is 4.88 Å². The molecule has 0 saturated carbocycles. The molecule has 0 aliphatic heterocycles. The van der Waals surface area contributed by atoms with Crippen LogP contribution in [0.15, 0.2) is 18.2 Å². The van der Waals surface area contributed by atoms with E-state index in [4.69, 9.17) is 11.6 Å². The smallest absolute Gasteiger partial charge is 0.325 e. The molecule has 0 bridgehead atoms. The maximum Gasteiger partial charge on any atom is 0.325 e. The summed E-state index contributed by atoms with van der Waals surface area (Å²) in [5.41, 5.74) is 0. The van der Waals surface area contributed by atoms with Crippen LogP contribution in [-0.4, -0.2) is 25.5 Å². The predicted octanol–water partition coefficient (Wildman–Crippen LogP) is 1.70. The van der Waals surface area contributed by atoms with E-state index in [-0.39, 0.29) is 12.5 Å². The van der Waals surface area contributed by atoms with Gasteiger partial charge in [-0.05, 0) is 18.2 Å². The molecule has 86 valence electrons. The van der Waals surface area contributed by atoms with E-state index in [1.54, 1.807) is 18.2 Å². The molecule has 1 heterocycles. The third-order valence-electron chi connectivity index (χ3n) is 1.63. The third-order valence-corrected chi connectivity index (χ3v) is 2.82. The number of amides is 1. The van der Waals surface area contributed by atoms with Crippen molar-refractivity contribution in [3.8, 4) is 0 Å². The first-order valence-electron chi connectivity index (χ1n) is 4.40. The summed E-state index contributed by atoms with van der Waals surface area (Å²) in [7, 11) is 1.26. The minimum atomic E-state index is -0.485. The van der Waals surface area contributed by atoms with Crippen molar-refractivity contribution in [2.45, 2.75) is 0 Å². The minimum absolute atomic E-state index is 0.134. The number of thiophene rings is 1. The zero-order valence-corrected chi connectivity index (χ0v) is 10.1. The van der Waals surface area contributed by atoms with E-state index in [2.05, 4.69) is 10.1 Å². The molecule has 4 nitrogen and oxygen atoms in total. The van der Waals surface area contributed by atoms with E-state index in [9.17, 15) is 9.59 Å². The SMILES string of the molecule is COC(=O)CNC(=O)/C=C/c1ccc(Cl)s1. The van der Waals surface area contributed by atoms with Gasteiger partial charge in [0.1, 0.15) is 6.54 Å². The second-order valence-electron chi connectivity index (χ2n) is 2.77. The first-order chi connectivity index (χ1) is 7.61. The second kappa shape index (κ2) is 6.30. The molecular weight excluding hydrogens is 250 g/mol. The molecule has 0 saturated heterocycles. The number of carbonyl (C=O) groups excluding carboxylic acids is 2. The molecule has 0 radical (unpaired) electrons. The first-order valence-corrected chi connectivity index (χ1v) is 5.59. The van der Waals surface area contributed by atoms with Crippen molar-refractivity contribution >= 4 is 40.9 Å². The number of hydrogen-bond donors (Lipinski definition) is 1. The molecule has 0 spiro atoms. The molecule has 0 aliphatic rings. The molecule has 0 atom stereocenters. The second-order valence-corrected chi connectivity index (χ2v) is 4.52. The van der Waals surface area contributed by atoms with Gasteiger partial charge in [0, 0.05) is 11.0 Å². The van der Waals surface area contributed by atoms with Crippen molar-refractivity contribution < 1.29 is 14.3 Å². The lowest BCUT2D eigenvalue weighted by Crippen LogP contribution is -2.28. The lowest BCUT2D eigenvalue weighted by molar-refractivity contribution is -0.140. The van der Waals surface area contributed by atoms with Gasteiger partial charge in [0.2, 0.25) is 5.91 Å². The van der Waals surface area contributed by atoms with E-state index in [1.807, 2.05) is 0 Å². The Kier molecular flexibility index (Phi) is 5.01. The van der Waals surface area contributed by atoms with Gasteiger partial charge >= 0.3 is 5.97 Å². The van der Waals surface area contributed by atoms with Gasteiger partial charge in [0.15, 0.2) is 0 Å². The number of ether oxygens (including phenoxy) is 1. The molecule has 1 amide bonds. The van der Waals surface area contributed by atoms with Gasteiger partial charge in [-0.3, -0.25) is 9.59 Å². The van der Waals surface area contributed by atoms with Crippen molar-refractivity contribution in [3.63, 3.8) is 0 Å². The van der Waals surface area contributed by atoms with Crippen LogP contribution in [0.4, 0.5) is 0 Å². The van der Waals surface area contributed by atoms with Crippen LogP contribution in [0.25, 0.3) is 6.08 Å². The van der Waals surface area contributed by atoms with Crippen LogP contribution in [0.2, 0.25) is 4.34 Å². The van der Waals surface area contributed by atoms with Gasteiger partial charge in [0.25, 0.3) is 0 Å². The molecule has 1 aromatic rings. The van der Waals surface area contributed by atoms with Crippen molar-refractivity contribution in [3.05, 3.63) is 27.4 Å². The van der Waals surface area contributed by atoms with Gasteiger partial charge in [-0.15, -0.1) is 11.3 Å². The zero-order valence-electron chi connectivity index (χ0n) is 8.53. The normalized spacial score (nSPS) is 10.4. The van der Waals surface area contributed by atoms with Crippen molar-refractivity contribution in [1.82, 2.24) is 5.32 Å². The highest BCUT2D eigenvalue weighted by atomic mass is 35.5. The molecule has 1 rings (SSSR count). The van der Waals surface area contributed by atoms with E-state index < -0.39 is 5.97 Å². The predicted molar refractivity (Wildman–Crippen MR) is 63.4 cm³/mol. The van der Waals surface area contributed by atoms with Gasteiger partial charge < -0.3 is 10.1 Å². The summed E-state index contributed by atoms with van der Waals surface area (Å²) in [5, 5.41) is 2.38. The highest BCUT2D eigenvalue weighted by Gasteiger charge is 2.01. The largest absolute Gasteiger partial charge is 0.468 e. The molecule has 1 aromatic heterocycles. The lowest BCUT2D eigenvalue weighted by Gasteiger charge is -1.98. The van der Waals surface area contributed by atoms with Crippen LogP contribution in [0.3, 0.4) is 0 Å². The van der Waals surface area contributed by atoms with E-state index >= 15 is 0 Å². The number of methoxy groups -OCH3 is 1. The number of hydrogen-bond acceptors (Lipinski definition) is 4. The first kappa shape index (κ1) is 12.7. The number of halogens is 1. The van der Waals surface area contributed by atoms with E-state index in [0.29, 0.717) is 4.34 Å². The Labute approximate surface area is 102 Å². The van der Waals surface area contributed by atoms with Crippen molar-refractivity contribution in [2.24, 2.45) is 0 Å². The molecular formula is C10H10ClNO3S. The molecule has 0 aromatic carbocycles. The summed E-state index contributed by atoms with van der Waals surface area (Å²) >= 11 is 7.09. The van der Waals surface area contributed by atoms with Crippen LogP contribution in [0, 0.1) is 0 Å². The van der Waals surface area contributed by atoms with Crippen LogP contribution >= 0.6 is 22.9 Å². The van der Waals surface area contributed by atoms with Gasteiger partial charge in [-0.1, -0.05) is 11.6 Å². The summed E-state index contributed by atoms with van der Waals surface area (Å²) in [6.07, 6.45) is 2.97. The summed E-state index contributed by atoms with van der Waals surface area (Å²) < 4.78 is 5.04. The quantitative estimate of drug-likeness (QED) is 0.662. The fraction of sp³-hybridized carbons (Fsp3) is 0.200. The average Bonchev–Trinajstić information content (AvgIpc) is 2.69. The van der Waals surface area contributed by atoms with E-state index in [1.165, 1.54) is 24.5 Å². The number of carbonyl (C=O) groups is 2. The topological polar surface area (TPSA) is 55.4 Å². The van der Waals surface area contributed by atoms with Crippen LogP contribution in [0.5, 0.6) is 0 Å². The van der Waals surface area contributed by atoms with Crippen LogP contribution in [-0.2, 0) is 14.3 Å². The fourth-order valence-electron chi connectivity index (χ4n) is 0.866. The number of rotatable bonds is 4. The van der Waals surface area contributed by atoms with Crippen molar-refractivity contribution in [1.29, 1.82) is 0 Å². The maximum atomic E-state index is 11.2. The monoisotopic (exact) mass is 259 g/mol. The lowest BCUT2D eigenvalue weighted by atomic mass is 10.4. The summed E-state index contributed by atoms with van der Waals surface area (Å²) in [6, 6.07) is 3.55. The van der Waals surface area contributed by atoms with Gasteiger partial charge in [-0.2, -0.15) is 0 Å². The Bertz CT molecular complexity index is 414. The summed E-state index contributed by atoms with van der Waals surface area (Å²) in [6.45, 7) is -0.134. The van der Waals surface area contributed by atoms with Gasteiger partial charge in [-0.25, -0.2) is 0 Å². The van der Waals surface area contributed by atoms with Crippen molar-refractivity contribution in [2.75, 3.05) is 13.7 Å². The Morgan fingerprint density at radius 1 is 1.56 bits per heavy atom. The third kappa shape index (κ3) is 4.46. The molecule has 0 fully saturated rings. The molecule has 0 unspecified atom stereocenters. The van der Waals surface area contributed by atoms with Gasteiger partial charge in [0.05, 0.1) is 11.4 Å².